The van der Waals surface area contributed by atoms with Gasteiger partial charge in [0, 0.05) is 6.61 Å². The predicted molar refractivity (Wildman–Crippen MR) is 76.8 cm³/mol. The third-order valence-corrected chi connectivity index (χ3v) is 3.30. The normalized spacial score (nSPS) is 20.1. The molecular formula is C16H22O5. The Labute approximate surface area is 124 Å². The molecule has 0 bridgehead atoms. The lowest BCUT2D eigenvalue weighted by Gasteiger charge is -2.27. The largest absolute Gasteiger partial charge is 0.481 e. The topological polar surface area (TPSA) is 65.0 Å². The lowest BCUT2D eigenvalue weighted by atomic mass is 10.2. The Morgan fingerprint density at radius 2 is 2.14 bits per heavy atom. The molecule has 0 aliphatic carbocycles. The van der Waals surface area contributed by atoms with Crippen LogP contribution in [0.5, 0.6) is 0 Å². The van der Waals surface area contributed by atoms with Crippen LogP contribution in [0.4, 0.5) is 0 Å². The minimum atomic E-state index is -0.890. The Morgan fingerprint density at radius 3 is 2.81 bits per heavy atom. The van der Waals surface area contributed by atoms with Gasteiger partial charge in [-0.25, -0.2) is 0 Å². The smallest absolute Gasteiger partial charge is 0.306 e. The van der Waals surface area contributed by atoms with Crippen molar-refractivity contribution in [3.05, 3.63) is 35.9 Å². The second-order valence-corrected chi connectivity index (χ2v) is 5.15. The van der Waals surface area contributed by atoms with Crippen LogP contribution >= 0.6 is 0 Å². The molecule has 1 aromatic rings. The van der Waals surface area contributed by atoms with Gasteiger partial charge in [0.15, 0.2) is 6.29 Å². The van der Waals surface area contributed by atoms with Gasteiger partial charge in [-0.2, -0.15) is 0 Å². The summed E-state index contributed by atoms with van der Waals surface area (Å²) >= 11 is 0. The molecule has 1 N–H and O–H groups in total. The van der Waals surface area contributed by atoms with Crippen molar-refractivity contribution >= 4 is 5.97 Å². The molecule has 5 heteroatoms. The second kappa shape index (κ2) is 8.77. The number of benzene rings is 1. The van der Waals surface area contributed by atoms with E-state index in [1.807, 2.05) is 30.3 Å². The van der Waals surface area contributed by atoms with Gasteiger partial charge >= 0.3 is 5.97 Å². The van der Waals surface area contributed by atoms with Gasteiger partial charge < -0.3 is 19.3 Å². The third-order valence-electron chi connectivity index (χ3n) is 3.30. The highest BCUT2D eigenvalue weighted by molar-refractivity contribution is 5.67. The first-order valence-corrected chi connectivity index (χ1v) is 7.34. The zero-order valence-corrected chi connectivity index (χ0v) is 12.1. The summed E-state index contributed by atoms with van der Waals surface area (Å²) in [6, 6.07) is 9.77. The maximum absolute atomic E-state index is 10.9. The highest BCUT2D eigenvalue weighted by atomic mass is 16.7. The molecule has 1 heterocycles. The van der Waals surface area contributed by atoms with Crippen LogP contribution in [0.15, 0.2) is 30.3 Å². The monoisotopic (exact) mass is 294 g/mol. The van der Waals surface area contributed by atoms with Gasteiger partial charge in [0.2, 0.25) is 0 Å². The fourth-order valence-corrected chi connectivity index (χ4v) is 2.26. The molecule has 1 saturated heterocycles. The summed E-state index contributed by atoms with van der Waals surface area (Å²) < 4.78 is 16.8. The number of ether oxygens (including phenoxy) is 3. The molecule has 0 aromatic heterocycles. The van der Waals surface area contributed by atoms with E-state index in [1.54, 1.807) is 0 Å². The lowest BCUT2D eigenvalue weighted by Crippen LogP contribution is -2.32. The summed E-state index contributed by atoms with van der Waals surface area (Å²) in [5.41, 5.74) is 1.06. The van der Waals surface area contributed by atoms with Crippen LogP contribution in [-0.4, -0.2) is 36.7 Å². The molecule has 21 heavy (non-hydrogen) atoms. The van der Waals surface area contributed by atoms with Crippen molar-refractivity contribution in [3.8, 4) is 0 Å². The highest BCUT2D eigenvalue weighted by Gasteiger charge is 2.22. The average molecular weight is 294 g/mol. The van der Waals surface area contributed by atoms with Crippen LogP contribution in [0.2, 0.25) is 0 Å². The van der Waals surface area contributed by atoms with E-state index in [4.69, 9.17) is 19.3 Å². The molecule has 0 saturated carbocycles. The Bertz CT molecular complexity index is 414. The Morgan fingerprint density at radius 1 is 1.33 bits per heavy atom. The van der Waals surface area contributed by atoms with E-state index in [1.165, 1.54) is 0 Å². The molecule has 0 amide bonds. The molecule has 2 atom stereocenters. The maximum Gasteiger partial charge on any atom is 0.306 e. The van der Waals surface area contributed by atoms with E-state index in [0.717, 1.165) is 24.8 Å². The van der Waals surface area contributed by atoms with Crippen molar-refractivity contribution < 1.29 is 24.1 Å². The van der Waals surface area contributed by atoms with Crippen molar-refractivity contribution in [2.45, 2.75) is 44.7 Å². The Balaban J connectivity index is 1.76. The number of carboxylic acids is 1. The molecule has 1 fully saturated rings. The van der Waals surface area contributed by atoms with Gasteiger partial charge in [-0.1, -0.05) is 30.3 Å². The molecule has 2 rings (SSSR count). The Hall–Kier alpha value is -1.43. The Kier molecular flexibility index (Phi) is 6.66. The van der Waals surface area contributed by atoms with Crippen LogP contribution in [-0.2, 0) is 25.6 Å². The molecule has 1 aliphatic rings. The second-order valence-electron chi connectivity index (χ2n) is 5.15. The van der Waals surface area contributed by atoms with E-state index < -0.39 is 12.1 Å². The van der Waals surface area contributed by atoms with Crippen molar-refractivity contribution in [2.75, 3.05) is 13.2 Å². The molecule has 1 unspecified atom stereocenters. The van der Waals surface area contributed by atoms with Crippen LogP contribution in [0.1, 0.15) is 31.2 Å². The van der Waals surface area contributed by atoms with Gasteiger partial charge in [-0.3, -0.25) is 4.79 Å². The summed E-state index contributed by atoms with van der Waals surface area (Å²) in [5.74, 6) is -0.890. The summed E-state index contributed by atoms with van der Waals surface area (Å²) in [7, 11) is 0. The SMILES string of the molecule is O=C(O)C[C@@H](COCc1ccccc1)OC1CCCCO1. The van der Waals surface area contributed by atoms with Gasteiger partial charge in [-0.15, -0.1) is 0 Å². The average Bonchev–Trinajstić information content (AvgIpc) is 2.49. The van der Waals surface area contributed by atoms with E-state index in [-0.39, 0.29) is 19.3 Å². The van der Waals surface area contributed by atoms with Crippen LogP contribution in [0, 0.1) is 0 Å². The summed E-state index contributed by atoms with van der Waals surface area (Å²) in [5, 5.41) is 8.95. The first kappa shape index (κ1) is 15.9. The molecule has 0 radical (unpaired) electrons. The first-order chi connectivity index (χ1) is 10.2. The number of carboxylic acid groups (broad SMARTS) is 1. The number of carbonyl (C=O) groups is 1. The fraction of sp³-hybridized carbons (Fsp3) is 0.562. The van der Waals surface area contributed by atoms with E-state index >= 15 is 0 Å². The van der Waals surface area contributed by atoms with Crippen molar-refractivity contribution in [1.82, 2.24) is 0 Å². The van der Waals surface area contributed by atoms with E-state index in [2.05, 4.69) is 0 Å². The van der Waals surface area contributed by atoms with E-state index in [0.29, 0.717) is 13.2 Å². The predicted octanol–water partition coefficient (Wildman–Crippen LogP) is 2.59. The molecule has 0 spiro atoms. The van der Waals surface area contributed by atoms with Crippen molar-refractivity contribution in [3.63, 3.8) is 0 Å². The summed E-state index contributed by atoms with van der Waals surface area (Å²) in [4.78, 5) is 10.9. The third kappa shape index (κ3) is 6.25. The number of hydrogen-bond donors (Lipinski definition) is 1. The highest BCUT2D eigenvalue weighted by Crippen LogP contribution is 2.17. The zero-order valence-electron chi connectivity index (χ0n) is 12.1. The van der Waals surface area contributed by atoms with Crippen LogP contribution < -0.4 is 0 Å². The van der Waals surface area contributed by atoms with Crippen molar-refractivity contribution in [2.24, 2.45) is 0 Å². The summed E-state index contributed by atoms with van der Waals surface area (Å²) in [6.45, 7) is 1.38. The molecule has 1 aromatic carbocycles. The number of aliphatic carboxylic acids is 1. The van der Waals surface area contributed by atoms with Gasteiger partial charge in [0.25, 0.3) is 0 Å². The minimum absolute atomic E-state index is 0.0748. The summed E-state index contributed by atoms with van der Waals surface area (Å²) in [6.07, 6.45) is 2.05. The lowest BCUT2D eigenvalue weighted by molar-refractivity contribution is -0.201. The van der Waals surface area contributed by atoms with E-state index in [9.17, 15) is 4.79 Å². The quantitative estimate of drug-likeness (QED) is 0.798. The minimum Gasteiger partial charge on any atom is -0.481 e. The number of hydrogen-bond acceptors (Lipinski definition) is 4. The van der Waals surface area contributed by atoms with Crippen LogP contribution in [0.25, 0.3) is 0 Å². The van der Waals surface area contributed by atoms with Crippen LogP contribution in [0.3, 0.4) is 0 Å². The van der Waals surface area contributed by atoms with Gasteiger partial charge in [0.05, 0.1) is 25.7 Å². The molecular weight excluding hydrogens is 272 g/mol. The molecule has 116 valence electrons. The number of rotatable bonds is 8. The standard InChI is InChI=1S/C16H22O5/c17-15(18)10-14(21-16-8-4-5-9-20-16)12-19-11-13-6-2-1-3-7-13/h1-3,6-7,14,16H,4-5,8-12H2,(H,17,18)/t14-,16?/m0/s1. The first-order valence-electron chi connectivity index (χ1n) is 7.34. The van der Waals surface area contributed by atoms with Gasteiger partial charge in [0.1, 0.15) is 0 Å². The fourth-order valence-electron chi connectivity index (χ4n) is 2.26. The van der Waals surface area contributed by atoms with Crippen molar-refractivity contribution in [1.29, 1.82) is 0 Å². The zero-order chi connectivity index (χ0) is 14.9. The maximum atomic E-state index is 10.9. The molecule has 5 nitrogen and oxygen atoms in total. The molecule has 1 aliphatic heterocycles. The van der Waals surface area contributed by atoms with Gasteiger partial charge in [-0.05, 0) is 24.8 Å².